The van der Waals surface area contributed by atoms with Gasteiger partial charge >= 0.3 is 0 Å². The largest absolute Gasteiger partial charge is 0.351 e. The lowest BCUT2D eigenvalue weighted by atomic mass is 10.0. The number of hydrogen-bond acceptors (Lipinski definition) is 5. The monoisotopic (exact) mass is 271 g/mol. The van der Waals surface area contributed by atoms with Crippen molar-refractivity contribution < 1.29 is 9.47 Å². The molecule has 2 aliphatic rings. The number of piperidine rings is 1. The average molecular weight is 271 g/mol. The van der Waals surface area contributed by atoms with E-state index in [2.05, 4.69) is 20.9 Å². The molecular weight excluding hydrogens is 254 g/mol. The molecule has 4 rings (SSSR count). The molecule has 0 amide bonds. The molecule has 104 valence electrons. The third-order valence-electron chi connectivity index (χ3n) is 4.05. The number of fused-ring (bicyclic) bond motifs is 1. The normalized spacial score (nSPS) is 21.7. The summed E-state index contributed by atoms with van der Waals surface area (Å²) in [6.45, 7) is 3.11. The van der Waals surface area contributed by atoms with E-state index in [1.165, 1.54) is 0 Å². The molecule has 0 atom stereocenters. The number of rotatable bonds is 1. The van der Waals surface area contributed by atoms with Crippen molar-refractivity contribution in [2.75, 3.05) is 31.2 Å². The molecule has 1 spiro atoms. The van der Waals surface area contributed by atoms with Crippen LogP contribution in [0.5, 0.6) is 0 Å². The van der Waals surface area contributed by atoms with Crippen LogP contribution >= 0.6 is 0 Å². The van der Waals surface area contributed by atoms with Crippen LogP contribution in [0.4, 0.5) is 5.82 Å². The molecule has 1 aromatic heterocycles. The predicted molar refractivity (Wildman–Crippen MR) is 75.6 cm³/mol. The summed E-state index contributed by atoms with van der Waals surface area (Å²) in [5.74, 6) is 0.554. The molecule has 2 saturated heterocycles. The second kappa shape index (κ2) is 4.68. The van der Waals surface area contributed by atoms with E-state index in [1.807, 2.05) is 18.2 Å². The highest BCUT2D eigenvalue weighted by Gasteiger charge is 2.41. The molecule has 5 heteroatoms. The summed E-state index contributed by atoms with van der Waals surface area (Å²) in [6.07, 6.45) is 3.65. The Hall–Kier alpha value is -1.72. The Balaban J connectivity index is 1.72. The third-order valence-corrected chi connectivity index (χ3v) is 4.05. The van der Waals surface area contributed by atoms with E-state index >= 15 is 0 Å². The van der Waals surface area contributed by atoms with Gasteiger partial charge in [-0.05, 0) is 18.6 Å². The topological polar surface area (TPSA) is 47.5 Å². The Kier molecular flexibility index (Phi) is 2.82. The van der Waals surface area contributed by atoms with Crippen molar-refractivity contribution in [1.29, 1.82) is 0 Å². The van der Waals surface area contributed by atoms with Crippen molar-refractivity contribution in [3.05, 3.63) is 30.6 Å². The van der Waals surface area contributed by atoms with Crippen molar-refractivity contribution in [2.24, 2.45) is 0 Å². The number of anilines is 1. The number of ether oxygens (including phenoxy) is 2. The first-order chi connectivity index (χ1) is 9.86. The molecule has 2 fully saturated rings. The summed E-state index contributed by atoms with van der Waals surface area (Å²) in [6, 6.07) is 8.11. The van der Waals surface area contributed by atoms with E-state index in [-0.39, 0.29) is 0 Å². The van der Waals surface area contributed by atoms with Crippen molar-refractivity contribution >= 4 is 16.7 Å². The minimum absolute atomic E-state index is 0.426. The molecule has 1 aromatic carbocycles. The van der Waals surface area contributed by atoms with Gasteiger partial charge in [0.2, 0.25) is 0 Å². The van der Waals surface area contributed by atoms with Gasteiger partial charge in [-0.1, -0.05) is 12.1 Å². The van der Waals surface area contributed by atoms with Crippen LogP contribution in [0.1, 0.15) is 12.8 Å². The van der Waals surface area contributed by atoms with Gasteiger partial charge in [-0.3, -0.25) is 0 Å². The quantitative estimate of drug-likeness (QED) is 0.793. The van der Waals surface area contributed by atoms with Crippen LogP contribution in [0.15, 0.2) is 30.6 Å². The minimum atomic E-state index is -0.426. The van der Waals surface area contributed by atoms with Crippen LogP contribution in [0.2, 0.25) is 0 Å². The van der Waals surface area contributed by atoms with Gasteiger partial charge in [-0.2, -0.15) is 0 Å². The first kappa shape index (κ1) is 12.1. The number of nitrogens with zero attached hydrogens (tertiary/aromatic N) is 3. The number of aromatic nitrogens is 2. The Bertz CT molecular complexity index is 620. The van der Waals surface area contributed by atoms with Crippen molar-refractivity contribution in [2.45, 2.75) is 18.6 Å². The lowest BCUT2D eigenvalue weighted by molar-refractivity contribution is -0.161. The van der Waals surface area contributed by atoms with E-state index in [0.717, 1.165) is 42.7 Å². The van der Waals surface area contributed by atoms with Gasteiger partial charge in [0.25, 0.3) is 0 Å². The summed E-state index contributed by atoms with van der Waals surface area (Å²) in [7, 11) is 0. The first-order valence-corrected chi connectivity index (χ1v) is 7.09. The van der Waals surface area contributed by atoms with Gasteiger partial charge < -0.3 is 14.4 Å². The van der Waals surface area contributed by atoms with E-state index in [0.29, 0.717) is 13.2 Å². The summed E-state index contributed by atoms with van der Waals surface area (Å²) >= 11 is 0. The second-order valence-corrected chi connectivity index (χ2v) is 5.35. The molecule has 0 saturated carbocycles. The molecule has 2 aromatic rings. The lowest BCUT2D eigenvalue weighted by Gasteiger charge is -2.39. The van der Waals surface area contributed by atoms with Crippen molar-refractivity contribution in [3.63, 3.8) is 0 Å². The summed E-state index contributed by atoms with van der Waals surface area (Å²) in [5.41, 5.74) is 0.977. The molecule has 0 unspecified atom stereocenters. The average Bonchev–Trinajstić information content (AvgIpc) is 2.94. The van der Waals surface area contributed by atoms with Gasteiger partial charge in [0, 0.05) is 18.4 Å². The van der Waals surface area contributed by atoms with Gasteiger partial charge in [0.15, 0.2) is 5.79 Å². The molecule has 5 nitrogen and oxygen atoms in total. The van der Waals surface area contributed by atoms with Crippen LogP contribution in [0, 0.1) is 0 Å². The Morgan fingerprint density at radius 3 is 2.85 bits per heavy atom. The van der Waals surface area contributed by atoms with Gasteiger partial charge in [0.1, 0.15) is 12.1 Å². The minimum Gasteiger partial charge on any atom is -0.351 e. The molecule has 0 aliphatic carbocycles. The van der Waals surface area contributed by atoms with Crippen LogP contribution in [-0.2, 0) is 9.47 Å². The first-order valence-electron chi connectivity index (χ1n) is 7.09. The fraction of sp³-hybridized carbons (Fsp3) is 0.467. The maximum atomic E-state index is 5.84. The molecule has 20 heavy (non-hydrogen) atoms. The summed E-state index contributed by atoms with van der Waals surface area (Å²) < 4.78 is 11.7. The maximum absolute atomic E-state index is 5.84. The molecule has 3 heterocycles. The van der Waals surface area contributed by atoms with E-state index < -0.39 is 5.79 Å². The lowest BCUT2D eigenvalue weighted by Crippen LogP contribution is -2.49. The zero-order valence-electron chi connectivity index (χ0n) is 11.3. The van der Waals surface area contributed by atoms with E-state index in [9.17, 15) is 0 Å². The maximum Gasteiger partial charge on any atom is 0.186 e. The van der Waals surface area contributed by atoms with Crippen LogP contribution < -0.4 is 4.90 Å². The fourth-order valence-corrected chi connectivity index (χ4v) is 3.14. The van der Waals surface area contributed by atoms with E-state index in [1.54, 1.807) is 6.33 Å². The molecule has 0 N–H and O–H groups in total. The fourth-order valence-electron chi connectivity index (χ4n) is 3.14. The Morgan fingerprint density at radius 2 is 1.95 bits per heavy atom. The van der Waals surface area contributed by atoms with Gasteiger partial charge in [-0.15, -0.1) is 0 Å². The van der Waals surface area contributed by atoms with Gasteiger partial charge in [0.05, 0.1) is 25.3 Å². The number of para-hydroxylation sites is 1. The number of benzene rings is 1. The predicted octanol–water partition coefficient (Wildman–Crippen LogP) is 1.97. The van der Waals surface area contributed by atoms with Crippen molar-refractivity contribution in [1.82, 2.24) is 9.97 Å². The number of hydrogen-bond donors (Lipinski definition) is 0. The molecule has 0 bridgehead atoms. The van der Waals surface area contributed by atoms with Crippen LogP contribution in [-0.4, -0.2) is 42.1 Å². The summed E-state index contributed by atoms with van der Waals surface area (Å²) in [5, 5.41) is 1.09. The molecule has 0 radical (unpaired) electrons. The highest BCUT2D eigenvalue weighted by atomic mass is 16.7. The zero-order valence-corrected chi connectivity index (χ0v) is 11.3. The van der Waals surface area contributed by atoms with Crippen LogP contribution in [0.25, 0.3) is 10.9 Å². The highest BCUT2D eigenvalue weighted by molar-refractivity contribution is 5.89. The van der Waals surface area contributed by atoms with Crippen molar-refractivity contribution in [3.8, 4) is 0 Å². The zero-order chi connectivity index (χ0) is 13.4. The summed E-state index contributed by atoms with van der Waals surface area (Å²) in [4.78, 5) is 11.1. The van der Waals surface area contributed by atoms with E-state index in [4.69, 9.17) is 9.47 Å². The smallest absolute Gasteiger partial charge is 0.186 e. The standard InChI is InChI=1S/C15H17N3O2/c1-2-5-13-12(4-1)14(17-11-16-13)18-7-3-6-15(10-18)19-8-9-20-15/h1-2,4-5,11H,3,6-10H2. The SMILES string of the molecule is c1ccc2c(N3CCCC4(C3)OCCO4)ncnc2c1. The second-order valence-electron chi connectivity index (χ2n) is 5.35. The molecular formula is C15H17N3O2. The third kappa shape index (κ3) is 1.94. The highest BCUT2D eigenvalue weighted by Crippen LogP contribution is 2.33. The van der Waals surface area contributed by atoms with Gasteiger partial charge in [-0.25, -0.2) is 9.97 Å². The Labute approximate surface area is 117 Å². The molecule has 2 aliphatic heterocycles. The van der Waals surface area contributed by atoms with Crippen LogP contribution in [0.3, 0.4) is 0 Å². The Morgan fingerprint density at radius 1 is 1.10 bits per heavy atom.